The summed E-state index contributed by atoms with van der Waals surface area (Å²) in [5.74, 6) is -0.160. The molecule has 0 aliphatic heterocycles. The van der Waals surface area contributed by atoms with E-state index in [0.29, 0.717) is 19.1 Å². The minimum atomic E-state index is -0.941. The Kier molecular flexibility index (Phi) is 7.19. The first kappa shape index (κ1) is 23.4. The van der Waals surface area contributed by atoms with Crippen molar-refractivity contribution in [3.8, 4) is 0 Å². The molecule has 3 amide bonds. The van der Waals surface area contributed by atoms with E-state index in [1.54, 1.807) is 0 Å². The molecule has 2 saturated carbocycles. The van der Waals surface area contributed by atoms with E-state index >= 15 is 0 Å². The molecule has 0 aromatic heterocycles. The Bertz CT molecular complexity index is 736. The highest BCUT2D eigenvalue weighted by Gasteiger charge is 2.62. The van der Waals surface area contributed by atoms with Gasteiger partial charge in [-0.2, -0.15) is 0 Å². The molecule has 2 fully saturated rings. The lowest BCUT2D eigenvalue weighted by Crippen LogP contribution is -2.75. The summed E-state index contributed by atoms with van der Waals surface area (Å²) >= 11 is 0. The molecule has 1 aromatic carbocycles. The second-order valence-electron chi connectivity index (χ2n) is 8.53. The zero-order valence-electron chi connectivity index (χ0n) is 17.6. The van der Waals surface area contributed by atoms with Crippen molar-refractivity contribution >= 4 is 30.0 Å². The van der Waals surface area contributed by atoms with Gasteiger partial charge in [0, 0.05) is 30.2 Å². The maximum atomic E-state index is 12.9. The number of nitrogens with one attached hydrogen (secondary N) is 3. The third-order valence-electron chi connectivity index (χ3n) is 6.16. The lowest BCUT2D eigenvalue weighted by atomic mass is 9.54. The van der Waals surface area contributed by atoms with E-state index in [4.69, 9.17) is 10.5 Å². The molecule has 0 spiro atoms. The lowest BCUT2D eigenvalue weighted by Gasteiger charge is -2.57. The average Bonchev–Trinajstić information content (AvgIpc) is 3.45. The van der Waals surface area contributed by atoms with Gasteiger partial charge in [-0.25, -0.2) is 4.79 Å². The van der Waals surface area contributed by atoms with Crippen molar-refractivity contribution in [2.45, 2.75) is 70.7 Å². The van der Waals surface area contributed by atoms with Crippen molar-refractivity contribution in [2.75, 3.05) is 11.9 Å². The first-order valence-electron chi connectivity index (χ1n) is 10.1. The summed E-state index contributed by atoms with van der Waals surface area (Å²) in [6.07, 6.45) is 2.62. The Morgan fingerprint density at radius 3 is 2.38 bits per heavy atom. The molecular weight excluding hydrogens is 392 g/mol. The number of rotatable bonds is 7. The van der Waals surface area contributed by atoms with Crippen LogP contribution in [0.1, 0.15) is 58.6 Å². The molecule has 5 N–H and O–H groups in total. The molecular formula is C21H33ClN4O3. The zero-order valence-corrected chi connectivity index (χ0v) is 18.4. The normalized spacial score (nSPS) is 25.8. The minimum Gasteiger partial charge on any atom is -0.378 e. The Balaban J connectivity index is 0.00000300. The predicted octanol–water partition coefficient (Wildman–Crippen LogP) is 3.10. The van der Waals surface area contributed by atoms with E-state index < -0.39 is 11.0 Å². The fraction of sp³-hybridized carbons (Fsp3) is 0.619. The van der Waals surface area contributed by atoms with Crippen LogP contribution < -0.4 is 21.7 Å². The molecule has 3 atom stereocenters. The number of nitrogens with two attached hydrogens (primary N) is 1. The van der Waals surface area contributed by atoms with Crippen LogP contribution in [0.5, 0.6) is 0 Å². The second-order valence-corrected chi connectivity index (χ2v) is 8.53. The van der Waals surface area contributed by atoms with Crippen LogP contribution in [-0.4, -0.2) is 36.2 Å². The van der Waals surface area contributed by atoms with Crippen molar-refractivity contribution in [3.05, 3.63) is 29.8 Å². The molecule has 29 heavy (non-hydrogen) atoms. The number of hydrogen-bond donors (Lipinski definition) is 4. The zero-order chi connectivity index (χ0) is 20.5. The first-order chi connectivity index (χ1) is 13.2. The number of carbonyl (C=O) groups is 2. The maximum absolute atomic E-state index is 12.9. The summed E-state index contributed by atoms with van der Waals surface area (Å²) < 4.78 is 5.70. The second kappa shape index (κ2) is 8.90. The molecule has 162 valence electrons. The number of carbonyl (C=O) groups excluding carboxylic acids is 2. The molecule has 2 aliphatic carbocycles. The minimum absolute atomic E-state index is 0. The van der Waals surface area contributed by atoms with Gasteiger partial charge in [0.2, 0.25) is 5.91 Å². The third-order valence-corrected chi connectivity index (χ3v) is 6.16. The van der Waals surface area contributed by atoms with Crippen molar-refractivity contribution in [1.82, 2.24) is 10.6 Å². The van der Waals surface area contributed by atoms with E-state index in [1.165, 1.54) is 0 Å². The number of anilines is 1. The highest BCUT2D eigenvalue weighted by Crippen LogP contribution is 2.50. The molecule has 0 bridgehead atoms. The van der Waals surface area contributed by atoms with Crippen molar-refractivity contribution < 1.29 is 14.3 Å². The van der Waals surface area contributed by atoms with Gasteiger partial charge >= 0.3 is 6.03 Å². The van der Waals surface area contributed by atoms with Crippen LogP contribution in [0.4, 0.5) is 10.5 Å². The fourth-order valence-electron chi connectivity index (χ4n) is 3.66. The van der Waals surface area contributed by atoms with Gasteiger partial charge in [0.15, 0.2) is 0 Å². The van der Waals surface area contributed by atoms with E-state index in [1.807, 2.05) is 52.0 Å². The van der Waals surface area contributed by atoms with Crippen molar-refractivity contribution in [2.24, 2.45) is 11.1 Å². The Labute approximate surface area is 178 Å². The summed E-state index contributed by atoms with van der Waals surface area (Å²) in [7, 11) is 0. The molecule has 0 radical (unpaired) electrons. The molecule has 2 aliphatic rings. The van der Waals surface area contributed by atoms with E-state index in [-0.39, 0.29) is 36.5 Å². The number of urea groups is 1. The number of benzene rings is 1. The highest BCUT2D eigenvalue weighted by molar-refractivity contribution is 5.90. The SMILES string of the molecule is CCOC1CC(N)(C(=O)NC(C)c2ccc(NC(=O)NC3CC3)cc2)C1(C)C.Cl. The van der Waals surface area contributed by atoms with Gasteiger partial charge in [-0.3, -0.25) is 4.79 Å². The van der Waals surface area contributed by atoms with E-state index in [0.717, 1.165) is 24.1 Å². The van der Waals surface area contributed by atoms with Gasteiger partial charge in [-0.05, 0) is 44.4 Å². The summed E-state index contributed by atoms with van der Waals surface area (Å²) in [5.41, 5.74) is 6.75. The molecule has 7 nitrogen and oxygen atoms in total. The van der Waals surface area contributed by atoms with Crippen LogP contribution in [0.25, 0.3) is 0 Å². The van der Waals surface area contributed by atoms with E-state index in [2.05, 4.69) is 16.0 Å². The van der Waals surface area contributed by atoms with Gasteiger partial charge in [0.25, 0.3) is 0 Å². The fourth-order valence-corrected chi connectivity index (χ4v) is 3.66. The van der Waals surface area contributed by atoms with Crippen LogP contribution in [0.3, 0.4) is 0 Å². The third kappa shape index (κ3) is 4.85. The predicted molar refractivity (Wildman–Crippen MR) is 116 cm³/mol. The Morgan fingerprint density at radius 1 is 1.24 bits per heavy atom. The quantitative estimate of drug-likeness (QED) is 0.539. The van der Waals surface area contributed by atoms with Crippen molar-refractivity contribution in [3.63, 3.8) is 0 Å². The standard InChI is InChI=1S/C21H32N4O3.ClH/c1-5-28-17-12-21(22,20(17,3)4)18(26)23-13(2)14-6-8-15(9-7-14)24-19(27)25-16-10-11-16;/h6-9,13,16-17H,5,10-12,22H2,1-4H3,(H,23,26)(H2,24,25,27);1H. The summed E-state index contributed by atoms with van der Waals surface area (Å²) in [4.78, 5) is 24.7. The van der Waals surface area contributed by atoms with Gasteiger partial charge in [-0.15, -0.1) is 12.4 Å². The van der Waals surface area contributed by atoms with E-state index in [9.17, 15) is 9.59 Å². The van der Waals surface area contributed by atoms with Crippen LogP contribution in [0.15, 0.2) is 24.3 Å². The van der Waals surface area contributed by atoms with Gasteiger partial charge in [0.1, 0.15) is 5.54 Å². The molecule has 3 unspecified atom stereocenters. The largest absolute Gasteiger partial charge is 0.378 e. The van der Waals surface area contributed by atoms with Crippen LogP contribution in [-0.2, 0) is 9.53 Å². The Morgan fingerprint density at radius 2 is 1.86 bits per heavy atom. The Hall–Kier alpha value is -1.83. The number of amides is 3. The first-order valence-corrected chi connectivity index (χ1v) is 10.1. The molecule has 0 heterocycles. The van der Waals surface area contributed by atoms with Crippen LogP contribution in [0.2, 0.25) is 0 Å². The smallest absolute Gasteiger partial charge is 0.319 e. The number of hydrogen-bond acceptors (Lipinski definition) is 4. The van der Waals surface area contributed by atoms with Gasteiger partial charge in [-0.1, -0.05) is 26.0 Å². The molecule has 3 rings (SSSR count). The summed E-state index contributed by atoms with van der Waals surface area (Å²) in [6.45, 7) is 8.45. The summed E-state index contributed by atoms with van der Waals surface area (Å²) in [6, 6.07) is 7.41. The molecule has 0 saturated heterocycles. The topological polar surface area (TPSA) is 105 Å². The molecule has 1 aromatic rings. The van der Waals surface area contributed by atoms with Crippen molar-refractivity contribution in [1.29, 1.82) is 0 Å². The average molecular weight is 425 g/mol. The highest BCUT2D eigenvalue weighted by atomic mass is 35.5. The maximum Gasteiger partial charge on any atom is 0.319 e. The lowest BCUT2D eigenvalue weighted by molar-refractivity contribution is -0.171. The monoisotopic (exact) mass is 424 g/mol. The molecule has 8 heteroatoms. The van der Waals surface area contributed by atoms with Crippen LogP contribution >= 0.6 is 12.4 Å². The summed E-state index contributed by atoms with van der Waals surface area (Å²) in [5, 5.41) is 8.74. The number of ether oxygens (including phenoxy) is 1. The van der Waals surface area contributed by atoms with Crippen LogP contribution in [0, 0.1) is 5.41 Å². The van der Waals surface area contributed by atoms with Gasteiger partial charge < -0.3 is 26.4 Å². The number of halogens is 1. The van der Waals surface area contributed by atoms with Gasteiger partial charge in [0.05, 0.1) is 12.1 Å².